The first kappa shape index (κ1) is 43.8. The number of carboxylic acids is 2. The molecule has 0 aromatic heterocycles. The molecule has 188 valence electrons. The predicted octanol–water partition coefficient (Wildman–Crippen LogP) is -11.3. The fourth-order valence-corrected chi connectivity index (χ4v) is 3.89. The SMILES string of the molecule is CCC(OC)C(C(=O)[O-])C(CC(OC)C(C(=O)[O-])C(C)C(=O)N(C)C#CSOO[O-])C(C)=O.[Na+].[Na+].[Na+]. The minimum atomic E-state index is -1.63. The quantitative estimate of drug-likeness (QED) is 0.0353. The van der Waals surface area contributed by atoms with Crippen LogP contribution in [0.2, 0.25) is 0 Å². The number of methoxy groups -OCH3 is 2. The normalized spacial score (nSPS) is 15.0. The first-order valence-electron chi connectivity index (χ1n) is 9.86. The summed E-state index contributed by atoms with van der Waals surface area (Å²) in [6.45, 7) is 4.15. The second-order valence-corrected chi connectivity index (χ2v) is 7.73. The summed E-state index contributed by atoms with van der Waals surface area (Å²) < 4.78 is 14.4. The fraction of sp³-hybridized carbons (Fsp3) is 0.700. The maximum atomic E-state index is 12.7. The van der Waals surface area contributed by atoms with Crippen molar-refractivity contribution in [1.29, 1.82) is 0 Å². The monoisotopic (exact) mass is 559 g/mol. The Morgan fingerprint density at radius 2 is 1.47 bits per heavy atom. The second-order valence-electron chi connectivity index (χ2n) is 7.22. The largest absolute Gasteiger partial charge is 1.00 e. The molecule has 1 amide bonds. The molecule has 6 unspecified atom stereocenters. The van der Waals surface area contributed by atoms with Crippen LogP contribution < -0.4 is 104 Å². The number of rotatable bonds is 15. The Morgan fingerprint density at radius 3 is 1.83 bits per heavy atom. The smallest absolute Gasteiger partial charge is 0.691 e. The van der Waals surface area contributed by atoms with Crippen LogP contribution in [0.3, 0.4) is 0 Å². The standard InChI is InChI=1S/C20H31NO11S.3Na/c1-7-14(29-5)17(20(26)27)13(12(3)22)10-15(30-6)16(19(24)25)11(2)18(23)21(4)8-9-33-32-31-28;;;/h11,13-17,28H,7,10H2,1-6H3,(H,24,25)(H,26,27);;;/q;3*+1/p-3. The molecule has 0 saturated carbocycles. The van der Waals surface area contributed by atoms with Gasteiger partial charge in [0.05, 0.1) is 12.2 Å². The number of carboxylic acid groups (broad SMARTS) is 2. The Hall–Kier alpha value is 0.790. The van der Waals surface area contributed by atoms with Crippen LogP contribution in [-0.2, 0) is 38.0 Å². The molecule has 0 fully saturated rings. The van der Waals surface area contributed by atoms with E-state index in [-0.39, 0.29) is 102 Å². The van der Waals surface area contributed by atoms with E-state index in [0.29, 0.717) is 12.0 Å². The Morgan fingerprint density at radius 1 is 0.972 bits per heavy atom. The van der Waals surface area contributed by atoms with Gasteiger partial charge >= 0.3 is 88.7 Å². The number of carbonyl (C=O) groups is 4. The van der Waals surface area contributed by atoms with Crippen LogP contribution >= 0.6 is 12.0 Å². The van der Waals surface area contributed by atoms with E-state index in [1.54, 1.807) is 6.92 Å². The molecule has 0 bridgehead atoms. The maximum Gasteiger partial charge on any atom is 1.00 e. The van der Waals surface area contributed by atoms with Gasteiger partial charge in [0, 0.05) is 68.2 Å². The molecule has 0 heterocycles. The molecule has 0 aromatic rings. The van der Waals surface area contributed by atoms with Crippen molar-refractivity contribution in [3.8, 4) is 11.3 Å². The van der Waals surface area contributed by atoms with Gasteiger partial charge in [-0.05, 0) is 19.8 Å². The van der Waals surface area contributed by atoms with Crippen molar-refractivity contribution in [3.05, 3.63) is 0 Å². The molecule has 0 saturated heterocycles. The minimum Gasteiger partial charge on any atom is -0.691 e. The van der Waals surface area contributed by atoms with Crippen LogP contribution in [0.25, 0.3) is 0 Å². The van der Waals surface area contributed by atoms with E-state index in [4.69, 9.17) is 9.47 Å². The number of carbonyl (C=O) groups excluding carboxylic acids is 4. The average molecular weight is 559 g/mol. The van der Waals surface area contributed by atoms with Crippen LogP contribution in [-0.4, -0.2) is 62.0 Å². The Kier molecular flexibility index (Phi) is 28.8. The second kappa shape index (κ2) is 23.7. The van der Waals surface area contributed by atoms with Gasteiger partial charge in [0.25, 0.3) is 0 Å². The molecule has 0 aliphatic rings. The van der Waals surface area contributed by atoms with Crippen LogP contribution in [0.1, 0.15) is 33.6 Å². The number of aliphatic carboxylic acids is 2. The van der Waals surface area contributed by atoms with Gasteiger partial charge in [-0.2, -0.15) is 4.33 Å². The van der Waals surface area contributed by atoms with Gasteiger partial charge in [0.1, 0.15) is 17.8 Å². The number of ketones is 1. The van der Waals surface area contributed by atoms with Crippen LogP contribution in [0.5, 0.6) is 0 Å². The van der Waals surface area contributed by atoms with E-state index in [9.17, 15) is 34.6 Å². The van der Waals surface area contributed by atoms with Gasteiger partial charge in [-0.15, -0.1) is 0 Å². The summed E-state index contributed by atoms with van der Waals surface area (Å²) in [5.74, 6) is -9.77. The molecule has 36 heavy (non-hydrogen) atoms. The number of hydrogen-bond donors (Lipinski definition) is 0. The summed E-state index contributed by atoms with van der Waals surface area (Å²) in [6, 6.07) is 2.31. The van der Waals surface area contributed by atoms with Crippen LogP contribution in [0, 0.1) is 35.0 Å². The zero-order valence-electron chi connectivity index (χ0n) is 22.2. The Bertz CT molecular complexity index is 746. The first-order valence-corrected chi connectivity index (χ1v) is 10.6. The zero-order chi connectivity index (χ0) is 25.7. The summed E-state index contributed by atoms with van der Waals surface area (Å²) in [4.78, 5) is 49.7. The third-order valence-corrected chi connectivity index (χ3v) is 5.67. The molecule has 6 atom stereocenters. The molecule has 0 rings (SSSR count). The van der Waals surface area contributed by atoms with Crippen LogP contribution in [0.15, 0.2) is 0 Å². The number of hydrogen-bond acceptors (Lipinski definition) is 12. The zero-order valence-corrected chi connectivity index (χ0v) is 29.0. The predicted molar refractivity (Wildman–Crippen MR) is 107 cm³/mol. The van der Waals surface area contributed by atoms with Crippen molar-refractivity contribution in [1.82, 2.24) is 4.90 Å². The molecular formula is C20H28NNa3O11S. The molecule has 0 aliphatic heterocycles. The minimum absolute atomic E-state index is 0. The topological polar surface area (TPSA) is 178 Å². The van der Waals surface area contributed by atoms with Crippen molar-refractivity contribution in [2.24, 2.45) is 23.7 Å². The van der Waals surface area contributed by atoms with Gasteiger partial charge in [0.2, 0.25) is 5.91 Å². The Labute approximate surface area is 281 Å². The summed E-state index contributed by atoms with van der Waals surface area (Å²) in [5, 5.41) is 38.9. The van der Waals surface area contributed by atoms with E-state index in [1.165, 1.54) is 35.1 Å². The summed E-state index contributed by atoms with van der Waals surface area (Å²) >= 11 is 0.307. The maximum absolute atomic E-state index is 12.7. The van der Waals surface area contributed by atoms with Crippen molar-refractivity contribution >= 4 is 35.7 Å². The van der Waals surface area contributed by atoms with Crippen molar-refractivity contribution in [2.45, 2.75) is 45.8 Å². The molecule has 0 aromatic carbocycles. The fourth-order valence-electron chi connectivity index (χ4n) is 3.66. The number of ether oxygens (including phenoxy) is 2. The molecule has 12 nitrogen and oxygen atoms in total. The molecule has 0 aliphatic carbocycles. The number of Topliss-reactive ketones (excluding diaryl/α,β-unsaturated/α-hetero) is 1. The van der Waals surface area contributed by atoms with Crippen molar-refractivity contribution in [2.75, 3.05) is 21.3 Å². The summed E-state index contributed by atoms with van der Waals surface area (Å²) in [5.41, 5.74) is 0. The van der Waals surface area contributed by atoms with E-state index >= 15 is 0 Å². The van der Waals surface area contributed by atoms with Crippen molar-refractivity contribution < 1.29 is 142 Å². The Balaban J connectivity index is -0.00000171. The molecule has 0 N–H and O–H groups in total. The van der Waals surface area contributed by atoms with E-state index < -0.39 is 59.5 Å². The van der Waals surface area contributed by atoms with Crippen molar-refractivity contribution in [3.63, 3.8) is 0 Å². The van der Waals surface area contributed by atoms with E-state index in [2.05, 4.69) is 20.7 Å². The molecular weight excluding hydrogens is 531 g/mol. The van der Waals surface area contributed by atoms with Crippen LogP contribution in [0.4, 0.5) is 0 Å². The first-order chi connectivity index (χ1) is 15.5. The van der Waals surface area contributed by atoms with Gasteiger partial charge in [-0.1, -0.05) is 13.8 Å². The number of amides is 1. The van der Waals surface area contributed by atoms with Gasteiger partial charge < -0.3 is 34.5 Å². The number of nitrogens with zero attached hydrogens (tertiary/aromatic N) is 1. The average Bonchev–Trinajstić information content (AvgIpc) is 2.76. The summed E-state index contributed by atoms with van der Waals surface area (Å²) in [7, 11) is 3.73. The van der Waals surface area contributed by atoms with Gasteiger partial charge in [0.15, 0.2) is 0 Å². The summed E-state index contributed by atoms with van der Waals surface area (Å²) in [6.07, 6.45) is -2.19. The molecule has 0 radical (unpaired) electrons. The van der Waals surface area contributed by atoms with E-state index in [0.717, 1.165) is 4.90 Å². The third-order valence-electron chi connectivity index (χ3n) is 5.37. The third kappa shape index (κ3) is 14.3. The molecule has 16 heteroatoms. The van der Waals surface area contributed by atoms with E-state index in [1.807, 2.05) is 0 Å². The van der Waals surface area contributed by atoms with Gasteiger partial charge in [-0.25, -0.2) is 0 Å². The molecule has 0 spiro atoms. The van der Waals surface area contributed by atoms with Gasteiger partial charge in [-0.3, -0.25) is 19.5 Å².